The fourth-order valence-corrected chi connectivity index (χ4v) is 1.88. The van der Waals surface area contributed by atoms with Gasteiger partial charge in [0, 0.05) is 12.1 Å². The molecule has 0 aromatic heterocycles. The van der Waals surface area contributed by atoms with Gasteiger partial charge in [0.15, 0.2) is 0 Å². The molecule has 1 fully saturated rings. The first-order valence-corrected chi connectivity index (χ1v) is 5.50. The maximum atomic E-state index is 13.5. The van der Waals surface area contributed by atoms with Crippen molar-refractivity contribution in [1.82, 2.24) is 0 Å². The lowest BCUT2D eigenvalue weighted by molar-refractivity contribution is 0.0600. The molecule has 3 N–H and O–H groups in total. The van der Waals surface area contributed by atoms with Gasteiger partial charge in [0.05, 0.1) is 18.4 Å². The molecule has 1 aromatic carbocycles. The van der Waals surface area contributed by atoms with E-state index in [4.69, 9.17) is 5.73 Å². The van der Waals surface area contributed by atoms with Crippen molar-refractivity contribution in [2.45, 2.75) is 24.9 Å². The second kappa shape index (κ2) is 4.71. The second-order valence-electron chi connectivity index (χ2n) is 4.26. The third kappa shape index (κ3) is 2.55. The Balaban J connectivity index is 2.12. The average molecular weight is 238 g/mol. The highest BCUT2D eigenvalue weighted by Crippen LogP contribution is 2.25. The molecule has 0 atom stereocenters. The summed E-state index contributed by atoms with van der Waals surface area (Å²) in [4.78, 5) is 11.3. The Morgan fingerprint density at radius 3 is 2.82 bits per heavy atom. The fraction of sp³-hybridized carbons (Fsp3) is 0.417. The molecule has 1 aromatic rings. The third-order valence-corrected chi connectivity index (χ3v) is 2.92. The van der Waals surface area contributed by atoms with E-state index in [0.29, 0.717) is 11.3 Å². The monoisotopic (exact) mass is 238 g/mol. The van der Waals surface area contributed by atoms with E-state index in [-0.39, 0.29) is 17.9 Å². The SMILES string of the molecule is COC(=O)c1ccc(F)c(NC2CC(N)C2)c1. The van der Waals surface area contributed by atoms with Crippen LogP contribution in [0.2, 0.25) is 0 Å². The number of nitrogens with two attached hydrogens (primary N) is 1. The summed E-state index contributed by atoms with van der Waals surface area (Å²) in [5.74, 6) is -0.850. The maximum absolute atomic E-state index is 13.5. The van der Waals surface area contributed by atoms with Crippen LogP contribution in [0.5, 0.6) is 0 Å². The summed E-state index contributed by atoms with van der Waals surface area (Å²) in [5, 5.41) is 3.03. The van der Waals surface area contributed by atoms with Crippen LogP contribution in [0.15, 0.2) is 18.2 Å². The van der Waals surface area contributed by atoms with E-state index in [9.17, 15) is 9.18 Å². The molecule has 2 rings (SSSR count). The van der Waals surface area contributed by atoms with Crippen molar-refractivity contribution in [1.29, 1.82) is 0 Å². The quantitative estimate of drug-likeness (QED) is 0.783. The van der Waals surface area contributed by atoms with Gasteiger partial charge in [-0.2, -0.15) is 0 Å². The summed E-state index contributed by atoms with van der Waals surface area (Å²) in [6.07, 6.45) is 1.64. The number of nitrogens with one attached hydrogen (secondary N) is 1. The van der Waals surface area contributed by atoms with Gasteiger partial charge in [-0.3, -0.25) is 0 Å². The minimum atomic E-state index is -0.474. The number of benzene rings is 1. The first-order chi connectivity index (χ1) is 8.10. The standard InChI is InChI=1S/C12H15FN2O2/c1-17-12(16)7-2-3-10(13)11(4-7)15-9-5-8(14)6-9/h2-4,8-9,15H,5-6,14H2,1H3. The molecule has 0 aliphatic heterocycles. The molecule has 92 valence electrons. The van der Waals surface area contributed by atoms with Gasteiger partial charge in [-0.25, -0.2) is 9.18 Å². The minimum absolute atomic E-state index is 0.187. The number of halogens is 1. The molecule has 0 heterocycles. The summed E-state index contributed by atoms with van der Waals surface area (Å²) < 4.78 is 18.1. The Bertz CT molecular complexity index is 431. The summed E-state index contributed by atoms with van der Waals surface area (Å²) in [5.41, 5.74) is 6.31. The number of methoxy groups -OCH3 is 1. The van der Waals surface area contributed by atoms with Crippen molar-refractivity contribution in [3.8, 4) is 0 Å². The number of hydrogen-bond donors (Lipinski definition) is 2. The highest BCUT2D eigenvalue weighted by Gasteiger charge is 2.26. The van der Waals surface area contributed by atoms with Crippen LogP contribution in [0, 0.1) is 5.82 Å². The Morgan fingerprint density at radius 2 is 2.24 bits per heavy atom. The molecule has 1 aliphatic carbocycles. The van der Waals surface area contributed by atoms with Crippen LogP contribution in [-0.2, 0) is 4.74 Å². The zero-order valence-electron chi connectivity index (χ0n) is 9.57. The van der Waals surface area contributed by atoms with Gasteiger partial charge in [-0.15, -0.1) is 0 Å². The summed E-state index contributed by atoms with van der Waals surface area (Å²) >= 11 is 0. The normalized spacial score (nSPS) is 22.8. The third-order valence-electron chi connectivity index (χ3n) is 2.92. The molecule has 4 nitrogen and oxygen atoms in total. The summed E-state index contributed by atoms with van der Waals surface area (Å²) in [7, 11) is 1.30. The topological polar surface area (TPSA) is 64.3 Å². The predicted octanol–water partition coefficient (Wildman–Crippen LogP) is 1.51. The lowest BCUT2D eigenvalue weighted by Crippen LogP contribution is -2.44. The van der Waals surface area contributed by atoms with E-state index in [1.165, 1.54) is 25.3 Å². The van der Waals surface area contributed by atoms with E-state index in [1.54, 1.807) is 0 Å². The molecule has 1 aliphatic rings. The van der Waals surface area contributed by atoms with E-state index >= 15 is 0 Å². The first-order valence-electron chi connectivity index (χ1n) is 5.50. The number of rotatable bonds is 3. The molecule has 0 saturated heterocycles. The maximum Gasteiger partial charge on any atom is 0.337 e. The van der Waals surface area contributed by atoms with Crippen LogP contribution in [-0.4, -0.2) is 25.2 Å². The molecule has 0 radical (unpaired) electrons. The van der Waals surface area contributed by atoms with Crippen LogP contribution in [0.4, 0.5) is 10.1 Å². The average Bonchev–Trinajstić information content (AvgIpc) is 2.28. The van der Waals surface area contributed by atoms with Gasteiger partial charge >= 0.3 is 5.97 Å². The molecule has 0 unspecified atom stereocenters. The number of ether oxygens (including phenoxy) is 1. The highest BCUT2D eigenvalue weighted by molar-refractivity contribution is 5.90. The molecule has 0 amide bonds. The van der Waals surface area contributed by atoms with Crippen LogP contribution in [0.1, 0.15) is 23.2 Å². The molecular weight excluding hydrogens is 223 g/mol. The van der Waals surface area contributed by atoms with E-state index < -0.39 is 5.97 Å². The smallest absolute Gasteiger partial charge is 0.337 e. The molecule has 0 spiro atoms. The van der Waals surface area contributed by atoms with Crippen molar-refractivity contribution in [3.63, 3.8) is 0 Å². The number of anilines is 1. The predicted molar refractivity (Wildman–Crippen MR) is 62.4 cm³/mol. The Kier molecular flexibility index (Phi) is 3.28. The number of carbonyl (C=O) groups excluding carboxylic acids is 1. The van der Waals surface area contributed by atoms with E-state index in [0.717, 1.165) is 12.8 Å². The van der Waals surface area contributed by atoms with Crippen LogP contribution >= 0.6 is 0 Å². The van der Waals surface area contributed by atoms with Crippen LogP contribution in [0.3, 0.4) is 0 Å². The molecule has 17 heavy (non-hydrogen) atoms. The molecule has 1 saturated carbocycles. The largest absolute Gasteiger partial charge is 0.465 e. The number of esters is 1. The van der Waals surface area contributed by atoms with E-state index in [2.05, 4.69) is 10.1 Å². The van der Waals surface area contributed by atoms with Crippen molar-refractivity contribution in [2.24, 2.45) is 5.73 Å². The molecule has 5 heteroatoms. The summed E-state index contributed by atoms with van der Waals surface area (Å²) in [6, 6.07) is 4.50. The minimum Gasteiger partial charge on any atom is -0.465 e. The fourth-order valence-electron chi connectivity index (χ4n) is 1.88. The lowest BCUT2D eigenvalue weighted by Gasteiger charge is -2.33. The van der Waals surface area contributed by atoms with Crippen molar-refractivity contribution in [2.75, 3.05) is 12.4 Å². The lowest BCUT2D eigenvalue weighted by atomic mass is 9.87. The van der Waals surface area contributed by atoms with Crippen LogP contribution < -0.4 is 11.1 Å². The van der Waals surface area contributed by atoms with Crippen molar-refractivity contribution < 1.29 is 13.9 Å². The number of hydrogen-bond acceptors (Lipinski definition) is 4. The summed E-state index contributed by atoms with van der Waals surface area (Å²) in [6.45, 7) is 0. The first kappa shape index (κ1) is 11.9. The second-order valence-corrected chi connectivity index (χ2v) is 4.26. The van der Waals surface area contributed by atoms with Gasteiger partial charge < -0.3 is 15.8 Å². The van der Waals surface area contributed by atoms with Crippen molar-refractivity contribution >= 4 is 11.7 Å². The van der Waals surface area contributed by atoms with Gasteiger partial charge in [0.2, 0.25) is 0 Å². The highest BCUT2D eigenvalue weighted by atomic mass is 19.1. The van der Waals surface area contributed by atoms with Gasteiger partial charge in [-0.1, -0.05) is 0 Å². The van der Waals surface area contributed by atoms with Gasteiger partial charge in [0.25, 0.3) is 0 Å². The zero-order valence-corrected chi connectivity index (χ0v) is 9.57. The van der Waals surface area contributed by atoms with Crippen molar-refractivity contribution in [3.05, 3.63) is 29.6 Å². The van der Waals surface area contributed by atoms with Crippen LogP contribution in [0.25, 0.3) is 0 Å². The van der Waals surface area contributed by atoms with Gasteiger partial charge in [-0.05, 0) is 31.0 Å². The number of carbonyl (C=O) groups is 1. The molecular formula is C12H15FN2O2. The van der Waals surface area contributed by atoms with E-state index in [1.807, 2.05) is 0 Å². The Hall–Kier alpha value is -1.62. The van der Waals surface area contributed by atoms with Gasteiger partial charge in [0.1, 0.15) is 5.82 Å². The zero-order chi connectivity index (χ0) is 12.4. The Labute approximate surface area is 98.9 Å². The molecule has 0 bridgehead atoms. The Morgan fingerprint density at radius 1 is 1.53 bits per heavy atom.